The van der Waals surface area contributed by atoms with Crippen molar-refractivity contribution in [2.75, 3.05) is 23.3 Å². The number of anilines is 2. The van der Waals surface area contributed by atoms with Gasteiger partial charge in [-0.05, 0) is 55.8 Å². The number of rotatable bonds is 5. The van der Waals surface area contributed by atoms with E-state index in [-0.39, 0.29) is 6.04 Å². The number of thiophene rings is 1. The van der Waals surface area contributed by atoms with Crippen LogP contribution in [-0.2, 0) is 0 Å². The summed E-state index contributed by atoms with van der Waals surface area (Å²) < 4.78 is 5.44. The third-order valence-electron chi connectivity index (χ3n) is 4.50. The summed E-state index contributed by atoms with van der Waals surface area (Å²) in [6.45, 7) is 4.33. The molecule has 1 fully saturated rings. The summed E-state index contributed by atoms with van der Waals surface area (Å²) in [5, 5.41) is 9.58. The highest BCUT2D eigenvalue weighted by atomic mass is 32.1. The summed E-state index contributed by atoms with van der Waals surface area (Å²) in [6.07, 6.45) is 3.90. The van der Waals surface area contributed by atoms with Gasteiger partial charge in [-0.3, -0.25) is 0 Å². The van der Waals surface area contributed by atoms with Gasteiger partial charge in [-0.1, -0.05) is 17.3 Å². The van der Waals surface area contributed by atoms with E-state index in [0.717, 1.165) is 23.7 Å². The average Bonchev–Trinajstić information content (AvgIpc) is 3.34. The van der Waals surface area contributed by atoms with Gasteiger partial charge in [0.2, 0.25) is 11.7 Å². The van der Waals surface area contributed by atoms with E-state index < -0.39 is 0 Å². The number of hydrogen-bond donors (Lipinski definition) is 1. The van der Waals surface area contributed by atoms with Gasteiger partial charge in [-0.15, -0.1) is 11.3 Å². The molecule has 1 unspecified atom stereocenters. The Morgan fingerprint density at radius 3 is 2.84 bits per heavy atom. The van der Waals surface area contributed by atoms with Gasteiger partial charge < -0.3 is 14.7 Å². The van der Waals surface area contributed by atoms with Crippen molar-refractivity contribution in [2.45, 2.75) is 32.2 Å². The van der Waals surface area contributed by atoms with E-state index in [1.807, 2.05) is 24.4 Å². The molecule has 0 amide bonds. The zero-order valence-corrected chi connectivity index (χ0v) is 15.1. The van der Waals surface area contributed by atoms with E-state index in [1.54, 1.807) is 11.3 Å². The van der Waals surface area contributed by atoms with Crippen LogP contribution < -0.4 is 10.2 Å². The first-order valence-corrected chi connectivity index (χ1v) is 9.66. The lowest BCUT2D eigenvalue weighted by atomic mass is 10.1. The van der Waals surface area contributed by atoms with E-state index in [4.69, 9.17) is 4.52 Å². The van der Waals surface area contributed by atoms with Crippen molar-refractivity contribution in [2.24, 2.45) is 0 Å². The normalized spacial score (nSPS) is 16.0. The molecule has 0 aliphatic carbocycles. The Morgan fingerprint density at radius 2 is 2.04 bits per heavy atom. The minimum absolute atomic E-state index is 0.0437. The third kappa shape index (κ3) is 3.69. The smallest absolute Gasteiger partial charge is 0.249 e. The topological polar surface area (TPSA) is 54.2 Å². The molecule has 1 aliphatic rings. The molecular formula is C19H22N4OS. The largest absolute Gasteiger partial charge is 0.374 e. The molecule has 2 aromatic heterocycles. The molecule has 1 aromatic carbocycles. The van der Waals surface area contributed by atoms with Crippen LogP contribution in [0.4, 0.5) is 11.4 Å². The highest BCUT2D eigenvalue weighted by molar-refractivity contribution is 7.13. The first kappa shape index (κ1) is 16.1. The van der Waals surface area contributed by atoms with Gasteiger partial charge in [0.15, 0.2) is 0 Å². The first-order chi connectivity index (χ1) is 12.3. The van der Waals surface area contributed by atoms with Crippen LogP contribution in [0.5, 0.6) is 0 Å². The maximum Gasteiger partial charge on any atom is 0.249 e. The molecule has 0 radical (unpaired) electrons. The Hall–Kier alpha value is -2.34. The van der Waals surface area contributed by atoms with Crippen LogP contribution in [0.25, 0.3) is 10.7 Å². The predicted octanol–water partition coefficient (Wildman–Crippen LogP) is 4.96. The summed E-state index contributed by atoms with van der Waals surface area (Å²) in [4.78, 5) is 8.00. The monoisotopic (exact) mass is 354 g/mol. The first-order valence-electron chi connectivity index (χ1n) is 8.78. The molecule has 25 heavy (non-hydrogen) atoms. The van der Waals surface area contributed by atoms with E-state index in [1.165, 1.54) is 24.9 Å². The Balaban J connectivity index is 1.46. The van der Waals surface area contributed by atoms with Gasteiger partial charge in [-0.25, -0.2) is 0 Å². The highest BCUT2D eigenvalue weighted by Crippen LogP contribution is 2.27. The fraction of sp³-hybridized carbons (Fsp3) is 0.368. The zero-order chi connectivity index (χ0) is 17.1. The Kier molecular flexibility index (Phi) is 4.70. The molecule has 0 saturated carbocycles. The summed E-state index contributed by atoms with van der Waals surface area (Å²) in [6, 6.07) is 12.5. The van der Waals surface area contributed by atoms with Crippen LogP contribution in [0.2, 0.25) is 0 Å². The standard InChI is InChI=1S/C19H22N4OS/c1-14(19-21-18(22-24-19)17-9-6-12-25-17)20-15-7-5-8-16(13-15)23-10-3-2-4-11-23/h5-9,12-14,20H,2-4,10-11H2,1H3. The lowest BCUT2D eigenvalue weighted by molar-refractivity contribution is 0.368. The molecule has 1 saturated heterocycles. The van der Waals surface area contributed by atoms with Crippen molar-refractivity contribution in [3.8, 4) is 10.7 Å². The number of benzene rings is 1. The molecule has 1 N–H and O–H groups in total. The SMILES string of the molecule is CC(Nc1cccc(N2CCCCC2)c1)c1nc(-c2cccs2)no1. The van der Waals surface area contributed by atoms with Crippen molar-refractivity contribution in [3.63, 3.8) is 0 Å². The molecule has 3 aromatic rings. The number of nitrogens with zero attached hydrogens (tertiary/aromatic N) is 3. The van der Waals surface area contributed by atoms with Crippen LogP contribution in [-0.4, -0.2) is 23.2 Å². The second kappa shape index (κ2) is 7.27. The quantitative estimate of drug-likeness (QED) is 0.702. The van der Waals surface area contributed by atoms with Gasteiger partial charge in [-0.2, -0.15) is 4.98 Å². The molecule has 130 valence electrons. The lowest BCUT2D eigenvalue weighted by Crippen LogP contribution is -2.29. The Labute approximate surface area is 151 Å². The van der Waals surface area contributed by atoms with Gasteiger partial charge in [0, 0.05) is 24.5 Å². The molecule has 0 bridgehead atoms. The molecule has 0 spiro atoms. The van der Waals surface area contributed by atoms with Gasteiger partial charge in [0.25, 0.3) is 0 Å². The van der Waals surface area contributed by atoms with Gasteiger partial charge >= 0.3 is 0 Å². The Morgan fingerprint density at radius 1 is 1.16 bits per heavy atom. The summed E-state index contributed by atoms with van der Waals surface area (Å²) in [5.74, 6) is 1.26. The zero-order valence-electron chi connectivity index (χ0n) is 14.3. The van der Waals surface area contributed by atoms with Crippen molar-refractivity contribution in [1.29, 1.82) is 0 Å². The molecular weight excluding hydrogens is 332 g/mol. The third-order valence-corrected chi connectivity index (χ3v) is 5.37. The molecule has 1 aliphatic heterocycles. The highest BCUT2D eigenvalue weighted by Gasteiger charge is 2.16. The molecule has 6 heteroatoms. The van der Waals surface area contributed by atoms with Crippen LogP contribution in [0.15, 0.2) is 46.3 Å². The molecule has 1 atom stereocenters. The van der Waals surface area contributed by atoms with Crippen LogP contribution in [0.1, 0.15) is 38.1 Å². The van der Waals surface area contributed by atoms with Crippen molar-refractivity contribution < 1.29 is 4.52 Å². The molecule has 5 nitrogen and oxygen atoms in total. The van der Waals surface area contributed by atoms with E-state index >= 15 is 0 Å². The van der Waals surface area contributed by atoms with E-state index in [9.17, 15) is 0 Å². The van der Waals surface area contributed by atoms with E-state index in [2.05, 4.69) is 44.6 Å². The van der Waals surface area contributed by atoms with Crippen molar-refractivity contribution >= 4 is 22.7 Å². The van der Waals surface area contributed by atoms with Crippen LogP contribution in [0, 0.1) is 0 Å². The maximum absolute atomic E-state index is 5.44. The van der Waals surface area contributed by atoms with E-state index in [0.29, 0.717) is 11.7 Å². The molecule has 4 rings (SSSR count). The number of nitrogens with one attached hydrogen (secondary N) is 1. The lowest BCUT2D eigenvalue weighted by Gasteiger charge is -2.29. The second-order valence-corrected chi connectivity index (χ2v) is 7.35. The fourth-order valence-electron chi connectivity index (χ4n) is 3.17. The Bertz CT molecular complexity index is 808. The average molecular weight is 354 g/mol. The summed E-state index contributed by atoms with van der Waals surface area (Å²) in [5.41, 5.74) is 2.35. The summed E-state index contributed by atoms with van der Waals surface area (Å²) in [7, 11) is 0. The minimum Gasteiger partial charge on any atom is -0.374 e. The van der Waals surface area contributed by atoms with Crippen molar-refractivity contribution in [1.82, 2.24) is 10.1 Å². The molecule has 3 heterocycles. The van der Waals surface area contributed by atoms with Crippen LogP contribution in [0.3, 0.4) is 0 Å². The number of piperidine rings is 1. The predicted molar refractivity (Wildman–Crippen MR) is 102 cm³/mol. The minimum atomic E-state index is -0.0437. The summed E-state index contributed by atoms with van der Waals surface area (Å²) >= 11 is 1.61. The van der Waals surface area contributed by atoms with Crippen molar-refractivity contribution in [3.05, 3.63) is 47.7 Å². The van der Waals surface area contributed by atoms with Gasteiger partial charge in [0.05, 0.1) is 4.88 Å². The second-order valence-electron chi connectivity index (χ2n) is 6.40. The number of aromatic nitrogens is 2. The van der Waals surface area contributed by atoms with Gasteiger partial charge in [0.1, 0.15) is 6.04 Å². The maximum atomic E-state index is 5.44. The van der Waals surface area contributed by atoms with Crippen LogP contribution >= 0.6 is 11.3 Å². The number of hydrogen-bond acceptors (Lipinski definition) is 6. The fourth-order valence-corrected chi connectivity index (χ4v) is 3.82.